The Bertz CT molecular complexity index is 809. The second-order valence-corrected chi connectivity index (χ2v) is 6.42. The zero-order chi connectivity index (χ0) is 16.9. The highest BCUT2D eigenvalue weighted by Gasteiger charge is 2.14. The first-order valence-electron chi connectivity index (χ1n) is 7.50. The highest BCUT2D eigenvalue weighted by atomic mass is 32.2. The van der Waals surface area contributed by atoms with Gasteiger partial charge in [-0.05, 0) is 46.2 Å². The minimum atomic E-state index is -0.711. The Morgan fingerprint density at radius 3 is 2.75 bits per heavy atom. The van der Waals surface area contributed by atoms with E-state index in [-0.39, 0.29) is 5.82 Å². The number of rotatable bonds is 6. The van der Waals surface area contributed by atoms with Crippen LogP contribution in [0.2, 0.25) is 0 Å². The molecule has 3 rings (SSSR count). The molecule has 0 radical (unpaired) electrons. The molecule has 0 bridgehead atoms. The predicted octanol–water partition coefficient (Wildman–Crippen LogP) is 2.99. The molecule has 1 unspecified atom stereocenters. The van der Waals surface area contributed by atoms with E-state index in [2.05, 4.69) is 15.5 Å². The van der Waals surface area contributed by atoms with E-state index in [9.17, 15) is 9.50 Å². The van der Waals surface area contributed by atoms with Crippen molar-refractivity contribution >= 4 is 11.8 Å². The summed E-state index contributed by atoms with van der Waals surface area (Å²) in [6.07, 6.45) is -0.711. The van der Waals surface area contributed by atoms with Crippen molar-refractivity contribution in [3.63, 3.8) is 0 Å². The molecule has 0 aliphatic heterocycles. The lowest BCUT2D eigenvalue weighted by molar-refractivity contribution is 0.203. The van der Waals surface area contributed by atoms with E-state index in [4.69, 9.17) is 0 Å². The Morgan fingerprint density at radius 1 is 1.21 bits per heavy atom. The molecule has 1 N–H and O–H groups in total. The highest BCUT2D eigenvalue weighted by molar-refractivity contribution is 7.99. The molecule has 124 valence electrons. The van der Waals surface area contributed by atoms with Crippen LogP contribution in [0.5, 0.6) is 0 Å². The Kier molecular flexibility index (Phi) is 5.22. The third-order valence-corrected chi connectivity index (χ3v) is 4.67. The summed E-state index contributed by atoms with van der Waals surface area (Å²) < 4.78 is 14.9. The number of aryl methyl sites for hydroxylation is 1. The summed E-state index contributed by atoms with van der Waals surface area (Å²) in [5, 5.41) is 22.7. The van der Waals surface area contributed by atoms with Crippen molar-refractivity contribution in [3.05, 3.63) is 71.0 Å². The maximum atomic E-state index is 13.2. The van der Waals surface area contributed by atoms with Gasteiger partial charge >= 0.3 is 0 Å². The van der Waals surface area contributed by atoms with E-state index in [1.807, 2.05) is 30.3 Å². The third-order valence-electron chi connectivity index (χ3n) is 3.64. The molecule has 0 amide bonds. The molecule has 0 saturated carbocycles. The fourth-order valence-corrected chi connectivity index (χ4v) is 3.24. The van der Waals surface area contributed by atoms with Gasteiger partial charge in [0.1, 0.15) is 5.82 Å². The molecule has 1 atom stereocenters. The second-order valence-electron chi connectivity index (χ2n) is 5.43. The molecule has 3 aromatic rings. The molecular formula is C17H17FN4OS. The molecule has 5 nitrogen and oxygen atoms in total. The van der Waals surface area contributed by atoms with Gasteiger partial charge in [0, 0.05) is 5.75 Å². The minimum absolute atomic E-state index is 0.303. The SMILES string of the molecule is Cc1cc(F)ccc1C(O)CSc1nnnn1Cc1ccccc1. The van der Waals surface area contributed by atoms with E-state index >= 15 is 0 Å². The number of aliphatic hydroxyl groups excluding tert-OH is 1. The van der Waals surface area contributed by atoms with Crippen LogP contribution in [0.4, 0.5) is 4.39 Å². The monoisotopic (exact) mass is 344 g/mol. The summed E-state index contributed by atoms with van der Waals surface area (Å²) in [7, 11) is 0. The van der Waals surface area contributed by atoms with E-state index in [0.29, 0.717) is 23.0 Å². The molecule has 0 aliphatic carbocycles. The Hall–Kier alpha value is -2.25. The summed E-state index contributed by atoms with van der Waals surface area (Å²) in [6.45, 7) is 2.35. The van der Waals surface area contributed by atoms with Gasteiger partial charge in [0.25, 0.3) is 0 Å². The number of hydrogen-bond acceptors (Lipinski definition) is 5. The number of thioether (sulfide) groups is 1. The van der Waals surface area contributed by atoms with E-state index in [0.717, 1.165) is 11.1 Å². The summed E-state index contributed by atoms with van der Waals surface area (Å²) >= 11 is 1.37. The Morgan fingerprint density at radius 2 is 2.00 bits per heavy atom. The van der Waals surface area contributed by atoms with Crippen LogP contribution >= 0.6 is 11.8 Å². The average Bonchev–Trinajstić information content (AvgIpc) is 3.00. The van der Waals surface area contributed by atoms with E-state index in [1.54, 1.807) is 17.7 Å². The molecule has 0 fully saturated rings. The van der Waals surface area contributed by atoms with Crippen LogP contribution in [0, 0.1) is 12.7 Å². The number of tetrazole rings is 1. The van der Waals surface area contributed by atoms with Crippen LogP contribution in [0.15, 0.2) is 53.7 Å². The van der Waals surface area contributed by atoms with Gasteiger partial charge in [-0.25, -0.2) is 9.07 Å². The van der Waals surface area contributed by atoms with Gasteiger partial charge in [0.15, 0.2) is 0 Å². The minimum Gasteiger partial charge on any atom is -0.388 e. The lowest BCUT2D eigenvalue weighted by atomic mass is 10.0. The Balaban J connectivity index is 1.66. The van der Waals surface area contributed by atoms with Crippen molar-refractivity contribution in [2.45, 2.75) is 24.7 Å². The predicted molar refractivity (Wildman–Crippen MR) is 90.2 cm³/mol. The molecule has 0 aliphatic rings. The van der Waals surface area contributed by atoms with Gasteiger partial charge in [0.05, 0.1) is 12.6 Å². The van der Waals surface area contributed by atoms with Gasteiger partial charge in [-0.2, -0.15) is 0 Å². The lowest BCUT2D eigenvalue weighted by Crippen LogP contribution is -2.07. The molecule has 24 heavy (non-hydrogen) atoms. The first-order chi connectivity index (χ1) is 11.6. The fourth-order valence-electron chi connectivity index (χ4n) is 2.41. The highest BCUT2D eigenvalue weighted by Crippen LogP contribution is 2.25. The van der Waals surface area contributed by atoms with E-state index < -0.39 is 6.10 Å². The summed E-state index contributed by atoms with van der Waals surface area (Å²) in [5.41, 5.74) is 2.54. The van der Waals surface area contributed by atoms with Gasteiger partial charge in [0.2, 0.25) is 5.16 Å². The number of nitrogens with zero attached hydrogens (tertiary/aromatic N) is 4. The van der Waals surface area contributed by atoms with Crippen molar-refractivity contribution in [3.8, 4) is 0 Å². The average molecular weight is 344 g/mol. The van der Waals surface area contributed by atoms with Gasteiger partial charge in [-0.3, -0.25) is 0 Å². The second kappa shape index (κ2) is 7.55. The number of hydrogen-bond donors (Lipinski definition) is 1. The molecular weight excluding hydrogens is 327 g/mol. The molecule has 2 aromatic carbocycles. The zero-order valence-electron chi connectivity index (χ0n) is 13.1. The van der Waals surface area contributed by atoms with Crippen LogP contribution in [-0.2, 0) is 6.54 Å². The maximum absolute atomic E-state index is 13.2. The van der Waals surface area contributed by atoms with Crippen molar-refractivity contribution in [1.82, 2.24) is 20.2 Å². The lowest BCUT2D eigenvalue weighted by Gasteiger charge is -2.13. The van der Waals surface area contributed by atoms with Crippen molar-refractivity contribution in [2.24, 2.45) is 0 Å². The summed E-state index contributed by atoms with van der Waals surface area (Å²) in [6, 6.07) is 14.3. The standard InChI is InChI=1S/C17H17FN4OS/c1-12-9-14(18)7-8-15(12)16(23)11-24-17-19-20-21-22(17)10-13-5-3-2-4-6-13/h2-9,16,23H,10-11H2,1H3. The van der Waals surface area contributed by atoms with Gasteiger partial charge in [-0.1, -0.05) is 48.2 Å². The molecule has 0 spiro atoms. The Labute approximate surface area is 143 Å². The van der Waals surface area contributed by atoms with Gasteiger partial charge in [-0.15, -0.1) is 5.10 Å². The van der Waals surface area contributed by atoms with Crippen molar-refractivity contribution < 1.29 is 9.50 Å². The number of aliphatic hydroxyl groups is 1. The maximum Gasteiger partial charge on any atom is 0.209 e. The number of benzene rings is 2. The van der Waals surface area contributed by atoms with Crippen molar-refractivity contribution in [2.75, 3.05) is 5.75 Å². The van der Waals surface area contributed by atoms with E-state index in [1.165, 1.54) is 23.9 Å². The zero-order valence-corrected chi connectivity index (χ0v) is 13.9. The topological polar surface area (TPSA) is 63.8 Å². The normalized spacial score (nSPS) is 12.3. The van der Waals surface area contributed by atoms with Crippen LogP contribution in [0.25, 0.3) is 0 Å². The smallest absolute Gasteiger partial charge is 0.209 e. The molecule has 1 heterocycles. The number of aromatic nitrogens is 4. The summed E-state index contributed by atoms with van der Waals surface area (Å²) in [5.74, 6) is 0.0876. The fraction of sp³-hybridized carbons (Fsp3) is 0.235. The first kappa shape index (κ1) is 16.6. The van der Waals surface area contributed by atoms with Crippen LogP contribution in [0.1, 0.15) is 22.8 Å². The van der Waals surface area contributed by atoms with Crippen LogP contribution in [-0.4, -0.2) is 31.1 Å². The van der Waals surface area contributed by atoms with Crippen molar-refractivity contribution in [1.29, 1.82) is 0 Å². The quantitative estimate of drug-likeness (QED) is 0.697. The van der Waals surface area contributed by atoms with Crippen LogP contribution < -0.4 is 0 Å². The molecule has 7 heteroatoms. The molecule has 1 aromatic heterocycles. The third kappa shape index (κ3) is 3.98. The first-order valence-corrected chi connectivity index (χ1v) is 8.49. The number of halogens is 1. The van der Waals surface area contributed by atoms with Crippen LogP contribution in [0.3, 0.4) is 0 Å². The molecule has 0 saturated heterocycles. The summed E-state index contributed by atoms with van der Waals surface area (Å²) in [4.78, 5) is 0. The largest absolute Gasteiger partial charge is 0.388 e. The van der Waals surface area contributed by atoms with Gasteiger partial charge < -0.3 is 5.11 Å².